The first kappa shape index (κ1) is 22.8. The van der Waals surface area contributed by atoms with Crippen LogP contribution in [0, 0.1) is 0 Å². The van der Waals surface area contributed by atoms with Gasteiger partial charge in [-0.25, -0.2) is 0 Å². The Kier molecular flexibility index (Phi) is 7.71. The molecule has 3 rings (SSSR count). The molecule has 1 fully saturated rings. The summed E-state index contributed by atoms with van der Waals surface area (Å²) in [6, 6.07) is 13.0. The van der Waals surface area contributed by atoms with Gasteiger partial charge >= 0.3 is 0 Å². The highest BCUT2D eigenvalue weighted by atomic mass is 35.5. The van der Waals surface area contributed by atoms with Crippen LogP contribution >= 0.6 is 11.6 Å². The summed E-state index contributed by atoms with van der Waals surface area (Å²) in [5.74, 6) is -1.05. The van der Waals surface area contributed by atoms with Crippen molar-refractivity contribution in [2.45, 2.75) is 25.8 Å². The molecule has 1 amide bonds. The number of hydrogen-bond acceptors (Lipinski definition) is 5. The fourth-order valence-electron chi connectivity index (χ4n) is 3.51. The first-order valence-corrected chi connectivity index (χ1v) is 10.6. The first-order valence-electron chi connectivity index (χ1n) is 10.2. The smallest absolute Gasteiger partial charge is 0.295 e. The summed E-state index contributed by atoms with van der Waals surface area (Å²) < 4.78 is 10.8. The minimum atomic E-state index is -0.739. The number of aliphatic hydroxyl groups excluding tert-OH is 1. The van der Waals surface area contributed by atoms with Crippen molar-refractivity contribution in [3.05, 3.63) is 70.3 Å². The zero-order valence-electron chi connectivity index (χ0n) is 17.6. The Balaban J connectivity index is 2.05. The Bertz CT molecular complexity index is 970. The summed E-state index contributed by atoms with van der Waals surface area (Å²) in [5, 5.41) is 11.6. The second-order valence-electron chi connectivity index (χ2n) is 7.27. The van der Waals surface area contributed by atoms with E-state index in [1.807, 2.05) is 0 Å². The van der Waals surface area contributed by atoms with Crippen molar-refractivity contribution in [3.8, 4) is 5.75 Å². The number of benzene rings is 2. The lowest BCUT2D eigenvalue weighted by Crippen LogP contribution is -2.32. The summed E-state index contributed by atoms with van der Waals surface area (Å²) in [5.41, 5.74) is 1.13. The topological polar surface area (TPSA) is 76.1 Å². The molecule has 1 unspecified atom stereocenters. The average molecular weight is 444 g/mol. The van der Waals surface area contributed by atoms with Crippen molar-refractivity contribution in [1.29, 1.82) is 0 Å². The highest BCUT2D eigenvalue weighted by molar-refractivity contribution is 6.46. The number of Topliss-reactive ketones (excluding diaryl/α,β-unsaturated/α-hetero) is 1. The fraction of sp³-hybridized carbons (Fsp3) is 0.333. The molecule has 1 N–H and O–H groups in total. The molecule has 1 aliphatic heterocycles. The number of carbonyl (C=O) groups is 2. The van der Waals surface area contributed by atoms with Crippen LogP contribution in [0.2, 0.25) is 5.02 Å². The van der Waals surface area contributed by atoms with Crippen LogP contribution in [-0.4, -0.2) is 48.6 Å². The molecule has 1 heterocycles. The van der Waals surface area contributed by atoms with Gasteiger partial charge < -0.3 is 19.5 Å². The Morgan fingerprint density at radius 3 is 2.55 bits per heavy atom. The molecule has 1 saturated heterocycles. The van der Waals surface area contributed by atoms with Gasteiger partial charge in [0.25, 0.3) is 11.7 Å². The van der Waals surface area contributed by atoms with Gasteiger partial charge in [0.05, 0.1) is 24.8 Å². The van der Waals surface area contributed by atoms with Gasteiger partial charge in [-0.1, -0.05) is 49.2 Å². The lowest BCUT2D eigenvalue weighted by atomic mass is 9.95. The van der Waals surface area contributed by atoms with Crippen LogP contribution in [0.1, 0.15) is 36.9 Å². The van der Waals surface area contributed by atoms with E-state index in [1.165, 1.54) is 12.0 Å². The number of nitrogens with zero attached hydrogens (tertiary/aromatic N) is 1. The SMILES string of the molecule is CCCCOc1cccc(/C(O)=C2\C(=O)C(=O)N(CCOC)C2c2ccc(Cl)cc2)c1. The van der Waals surface area contributed by atoms with Gasteiger partial charge in [0.1, 0.15) is 11.5 Å². The number of rotatable bonds is 9. The average Bonchev–Trinajstić information content (AvgIpc) is 3.03. The van der Waals surface area contributed by atoms with E-state index in [4.69, 9.17) is 21.1 Å². The zero-order valence-corrected chi connectivity index (χ0v) is 18.4. The molecule has 0 aromatic heterocycles. The quantitative estimate of drug-likeness (QED) is 0.265. The monoisotopic (exact) mass is 443 g/mol. The Labute approximate surface area is 187 Å². The van der Waals surface area contributed by atoms with Gasteiger partial charge in [0.15, 0.2) is 0 Å². The number of carbonyl (C=O) groups excluding carboxylic acids is 2. The lowest BCUT2D eigenvalue weighted by Gasteiger charge is -2.25. The molecule has 1 aliphatic rings. The van der Waals surface area contributed by atoms with Crippen molar-refractivity contribution >= 4 is 29.1 Å². The van der Waals surface area contributed by atoms with Crippen molar-refractivity contribution in [3.63, 3.8) is 0 Å². The summed E-state index contributed by atoms with van der Waals surface area (Å²) >= 11 is 6.02. The predicted molar refractivity (Wildman–Crippen MR) is 119 cm³/mol. The van der Waals surface area contributed by atoms with Crippen molar-refractivity contribution in [2.75, 3.05) is 26.9 Å². The van der Waals surface area contributed by atoms with Gasteiger partial charge in [-0.3, -0.25) is 9.59 Å². The molecule has 164 valence electrons. The Hall–Kier alpha value is -2.83. The third-order valence-corrected chi connectivity index (χ3v) is 5.39. The van der Waals surface area contributed by atoms with Crippen LogP contribution in [-0.2, 0) is 14.3 Å². The van der Waals surface area contributed by atoms with Crippen molar-refractivity contribution < 1.29 is 24.2 Å². The number of unbranched alkanes of at least 4 members (excludes halogenated alkanes) is 1. The predicted octanol–water partition coefficient (Wildman–Crippen LogP) is 4.59. The largest absolute Gasteiger partial charge is 0.507 e. The second-order valence-corrected chi connectivity index (χ2v) is 7.70. The minimum Gasteiger partial charge on any atom is -0.507 e. The Morgan fingerprint density at radius 2 is 1.87 bits per heavy atom. The molecule has 0 bridgehead atoms. The molecule has 0 spiro atoms. The number of amides is 1. The third-order valence-electron chi connectivity index (χ3n) is 5.14. The van der Waals surface area contributed by atoms with Crippen LogP contribution in [0.3, 0.4) is 0 Å². The molecule has 0 aliphatic carbocycles. The number of ether oxygens (including phenoxy) is 2. The van der Waals surface area contributed by atoms with Crippen LogP contribution in [0.15, 0.2) is 54.1 Å². The lowest BCUT2D eigenvalue weighted by molar-refractivity contribution is -0.140. The molecule has 31 heavy (non-hydrogen) atoms. The van der Waals surface area contributed by atoms with E-state index in [1.54, 1.807) is 48.5 Å². The van der Waals surface area contributed by atoms with E-state index < -0.39 is 17.7 Å². The van der Waals surface area contributed by atoms with Gasteiger partial charge in [0.2, 0.25) is 0 Å². The number of halogens is 1. The first-order chi connectivity index (χ1) is 15.0. The van der Waals surface area contributed by atoms with E-state index in [0.29, 0.717) is 28.5 Å². The third kappa shape index (κ3) is 5.09. The molecule has 0 radical (unpaired) electrons. The number of methoxy groups -OCH3 is 1. The summed E-state index contributed by atoms with van der Waals surface area (Å²) in [6.07, 6.45) is 1.92. The maximum atomic E-state index is 12.9. The molecular weight excluding hydrogens is 418 g/mol. The van der Waals surface area contributed by atoms with Gasteiger partial charge in [-0.2, -0.15) is 0 Å². The number of likely N-dealkylation sites (tertiary alicyclic amines) is 1. The minimum absolute atomic E-state index is 0.0362. The van der Waals surface area contributed by atoms with Crippen LogP contribution in [0.25, 0.3) is 5.76 Å². The van der Waals surface area contributed by atoms with Crippen LogP contribution in [0.4, 0.5) is 0 Å². The normalized spacial score (nSPS) is 17.9. The maximum Gasteiger partial charge on any atom is 0.295 e. The second kappa shape index (κ2) is 10.5. The molecular formula is C24H26ClNO5. The van der Waals surface area contributed by atoms with Gasteiger partial charge in [-0.05, 0) is 36.2 Å². The summed E-state index contributed by atoms with van der Waals surface area (Å²) in [7, 11) is 1.53. The molecule has 2 aromatic rings. The standard InChI is InChI=1S/C24H26ClNO5/c1-3-4-13-31-19-7-5-6-17(15-19)22(27)20-21(16-8-10-18(25)11-9-16)26(12-14-30-2)24(29)23(20)28/h5-11,15,21,27H,3-4,12-14H2,1-2H3/b22-20+. The van der Waals surface area contributed by atoms with E-state index in [9.17, 15) is 14.7 Å². The van der Waals surface area contributed by atoms with E-state index in [-0.39, 0.29) is 24.5 Å². The molecule has 1 atom stereocenters. The fourth-order valence-corrected chi connectivity index (χ4v) is 3.64. The number of ketones is 1. The molecule has 2 aromatic carbocycles. The number of aliphatic hydroxyl groups is 1. The molecule has 0 saturated carbocycles. The maximum absolute atomic E-state index is 12.9. The van der Waals surface area contributed by atoms with Gasteiger partial charge in [-0.15, -0.1) is 0 Å². The summed E-state index contributed by atoms with van der Waals surface area (Å²) in [6.45, 7) is 3.11. The summed E-state index contributed by atoms with van der Waals surface area (Å²) in [4.78, 5) is 27.1. The van der Waals surface area contributed by atoms with Crippen molar-refractivity contribution in [2.24, 2.45) is 0 Å². The van der Waals surface area contributed by atoms with Crippen molar-refractivity contribution in [1.82, 2.24) is 4.90 Å². The Morgan fingerprint density at radius 1 is 1.13 bits per heavy atom. The van der Waals surface area contributed by atoms with Crippen LogP contribution in [0.5, 0.6) is 5.75 Å². The van der Waals surface area contributed by atoms with E-state index in [2.05, 4.69) is 6.92 Å². The highest BCUT2D eigenvalue weighted by Gasteiger charge is 2.45. The van der Waals surface area contributed by atoms with E-state index in [0.717, 1.165) is 12.8 Å². The van der Waals surface area contributed by atoms with Crippen LogP contribution < -0.4 is 4.74 Å². The highest BCUT2D eigenvalue weighted by Crippen LogP contribution is 2.39. The zero-order chi connectivity index (χ0) is 22.4. The molecule has 7 heteroatoms. The number of hydrogen-bond donors (Lipinski definition) is 1. The van der Waals surface area contributed by atoms with Gasteiger partial charge in [0, 0.05) is 24.2 Å². The van der Waals surface area contributed by atoms with E-state index >= 15 is 0 Å². The molecule has 6 nitrogen and oxygen atoms in total.